The van der Waals surface area contributed by atoms with E-state index in [-0.39, 0.29) is 17.8 Å². The van der Waals surface area contributed by atoms with Crippen LogP contribution >= 0.6 is 23.2 Å². The summed E-state index contributed by atoms with van der Waals surface area (Å²) in [4.78, 5) is 0. The van der Waals surface area contributed by atoms with E-state index in [1.54, 1.807) is 12.1 Å². The third-order valence-corrected chi connectivity index (χ3v) is 4.08. The molecule has 20 heavy (non-hydrogen) atoms. The molecule has 0 amide bonds. The molecule has 2 aromatic rings. The van der Waals surface area contributed by atoms with Crippen molar-refractivity contribution in [3.8, 4) is 5.75 Å². The van der Waals surface area contributed by atoms with Crippen LogP contribution in [0.1, 0.15) is 37.1 Å². The summed E-state index contributed by atoms with van der Waals surface area (Å²) in [5.74, 6) is 0.276. The van der Waals surface area contributed by atoms with Gasteiger partial charge in [-0.05, 0) is 49.2 Å². The molecule has 2 nitrogen and oxygen atoms in total. The fourth-order valence-electron chi connectivity index (χ4n) is 2.11. The maximum absolute atomic E-state index is 9.31. The van der Waals surface area contributed by atoms with E-state index < -0.39 is 0 Å². The van der Waals surface area contributed by atoms with Crippen LogP contribution in [0, 0.1) is 0 Å². The molecule has 2 rings (SSSR count). The number of aromatic hydroxyl groups is 1. The highest BCUT2D eigenvalue weighted by molar-refractivity contribution is 6.42. The summed E-state index contributed by atoms with van der Waals surface area (Å²) in [6.45, 7) is 4.16. The largest absolute Gasteiger partial charge is 0.508 e. The first-order valence-electron chi connectivity index (χ1n) is 6.47. The zero-order valence-electron chi connectivity index (χ0n) is 11.4. The summed E-state index contributed by atoms with van der Waals surface area (Å²) in [5, 5.41) is 13.9. The van der Waals surface area contributed by atoms with Gasteiger partial charge in [-0.1, -0.05) is 41.4 Å². The van der Waals surface area contributed by atoms with Gasteiger partial charge >= 0.3 is 0 Å². The molecular formula is C16H17Cl2NO. The molecule has 0 heterocycles. The van der Waals surface area contributed by atoms with E-state index in [0.717, 1.165) is 11.1 Å². The van der Waals surface area contributed by atoms with E-state index in [2.05, 4.69) is 19.2 Å². The molecule has 0 aromatic heterocycles. The van der Waals surface area contributed by atoms with Gasteiger partial charge in [0, 0.05) is 12.1 Å². The zero-order chi connectivity index (χ0) is 14.7. The van der Waals surface area contributed by atoms with Crippen LogP contribution in [0.15, 0.2) is 42.5 Å². The van der Waals surface area contributed by atoms with Crippen molar-refractivity contribution in [2.45, 2.75) is 25.9 Å². The molecular weight excluding hydrogens is 293 g/mol. The van der Waals surface area contributed by atoms with Crippen LogP contribution in [0.2, 0.25) is 10.0 Å². The van der Waals surface area contributed by atoms with Crippen molar-refractivity contribution >= 4 is 23.2 Å². The van der Waals surface area contributed by atoms with Gasteiger partial charge in [0.1, 0.15) is 5.75 Å². The van der Waals surface area contributed by atoms with Gasteiger partial charge in [0.2, 0.25) is 0 Å². The number of hydrogen-bond donors (Lipinski definition) is 2. The predicted molar refractivity (Wildman–Crippen MR) is 84.5 cm³/mol. The normalized spacial score (nSPS) is 14.0. The van der Waals surface area contributed by atoms with Gasteiger partial charge < -0.3 is 10.4 Å². The first kappa shape index (κ1) is 15.2. The lowest BCUT2D eigenvalue weighted by Crippen LogP contribution is -2.22. The Bertz CT molecular complexity index is 584. The molecule has 0 bridgehead atoms. The predicted octanol–water partition coefficient (Wildman–Crippen LogP) is 5.11. The van der Waals surface area contributed by atoms with Crippen molar-refractivity contribution in [3.63, 3.8) is 0 Å². The summed E-state index contributed by atoms with van der Waals surface area (Å²) in [6, 6.07) is 13.2. The molecule has 2 N–H and O–H groups in total. The highest BCUT2D eigenvalue weighted by Gasteiger charge is 2.12. The van der Waals surface area contributed by atoms with Crippen LogP contribution in [-0.2, 0) is 0 Å². The molecule has 0 saturated heterocycles. The lowest BCUT2D eigenvalue weighted by molar-refractivity contribution is 0.472. The second-order valence-electron chi connectivity index (χ2n) is 4.88. The third kappa shape index (κ3) is 3.66. The fourth-order valence-corrected chi connectivity index (χ4v) is 2.42. The second-order valence-corrected chi connectivity index (χ2v) is 5.69. The maximum Gasteiger partial charge on any atom is 0.115 e. The van der Waals surface area contributed by atoms with E-state index in [0.29, 0.717) is 10.0 Å². The molecule has 2 atom stereocenters. The summed E-state index contributed by atoms with van der Waals surface area (Å²) < 4.78 is 0. The average molecular weight is 310 g/mol. The van der Waals surface area contributed by atoms with E-state index in [1.807, 2.05) is 30.3 Å². The summed E-state index contributed by atoms with van der Waals surface area (Å²) in [5.41, 5.74) is 2.21. The Morgan fingerprint density at radius 2 is 1.40 bits per heavy atom. The van der Waals surface area contributed by atoms with E-state index in [9.17, 15) is 5.11 Å². The summed E-state index contributed by atoms with van der Waals surface area (Å²) in [6.07, 6.45) is 0. The SMILES string of the molecule is CC(NC(C)c1ccc(Cl)c(Cl)c1)c1ccc(O)cc1. The molecule has 0 saturated carbocycles. The fraction of sp³-hybridized carbons (Fsp3) is 0.250. The van der Waals surface area contributed by atoms with Crippen molar-refractivity contribution in [2.24, 2.45) is 0 Å². The van der Waals surface area contributed by atoms with Gasteiger partial charge in [-0.2, -0.15) is 0 Å². The molecule has 4 heteroatoms. The number of benzene rings is 2. The molecule has 0 aliphatic carbocycles. The Morgan fingerprint density at radius 3 is 2.00 bits per heavy atom. The summed E-state index contributed by atoms with van der Waals surface area (Å²) >= 11 is 12.0. The summed E-state index contributed by atoms with van der Waals surface area (Å²) in [7, 11) is 0. The quantitative estimate of drug-likeness (QED) is 0.822. The van der Waals surface area contributed by atoms with E-state index in [4.69, 9.17) is 23.2 Å². The third-order valence-electron chi connectivity index (χ3n) is 3.34. The van der Waals surface area contributed by atoms with Gasteiger partial charge in [-0.3, -0.25) is 0 Å². The Labute approximate surface area is 129 Å². The highest BCUT2D eigenvalue weighted by Crippen LogP contribution is 2.27. The minimum Gasteiger partial charge on any atom is -0.508 e. The van der Waals surface area contributed by atoms with Crippen molar-refractivity contribution in [3.05, 3.63) is 63.6 Å². The van der Waals surface area contributed by atoms with Crippen LogP contribution in [0.5, 0.6) is 5.75 Å². The molecule has 0 aliphatic rings. The van der Waals surface area contributed by atoms with Crippen LogP contribution in [-0.4, -0.2) is 5.11 Å². The molecule has 0 fully saturated rings. The second kappa shape index (κ2) is 6.49. The number of nitrogens with one attached hydrogen (secondary N) is 1. The molecule has 2 aromatic carbocycles. The van der Waals surface area contributed by atoms with Crippen LogP contribution in [0.25, 0.3) is 0 Å². The number of hydrogen-bond acceptors (Lipinski definition) is 2. The van der Waals surface area contributed by atoms with Gasteiger partial charge in [-0.15, -0.1) is 0 Å². The Hall–Kier alpha value is -1.22. The van der Waals surface area contributed by atoms with Crippen molar-refractivity contribution < 1.29 is 5.11 Å². The number of rotatable bonds is 4. The van der Waals surface area contributed by atoms with Gasteiger partial charge in [0.05, 0.1) is 10.0 Å². The number of halogens is 2. The first-order chi connectivity index (χ1) is 9.47. The highest BCUT2D eigenvalue weighted by atomic mass is 35.5. The van der Waals surface area contributed by atoms with E-state index >= 15 is 0 Å². The Morgan fingerprint density at radius 1 is 0.850 bits per heavy atom. The molecule has 2 unspecified atom stereocenters. The molecule has 106 valence electrons. The number of phenols is 1. The topological polar surface area (TPSA) is 32.3 Å². The van der Waals surface area contributed by atoms with Crippen LogP contribution in [0.3, 0.4) is 0 Å². The van der Waals surface area contributed by atoms with Crippen molar-refractivity contribution in [2.75, 3.05) is 0 Å². The van der Waals surface area contributed by atoms with Crippen LogP contribution < -0.4 is 5.32 Å². The lowest BCUT2D eigenvalue weighted by atomic mass is 10.0. The van der Waals surface area contributed by atoms with Crippen molar-refractivity contribution in [1.29, 1.82) is 0 Å². The maximum atomic E-state index is 9.31. The molecule has 0 aliphatic heterocycles. The monoisotopic (exact) mass is 309 g/mol. The smallest absolute Gasteiger partial charge is 0.115 e. The first-order valence-corrected chi connectivity index (χ1v) is 7.23. The Balaban J connectivity index is 2.08. The van der Waals surface area contributed by atoms with E-state index in [1.165, 1.54) is 0 Å². The minimum absolute atomic E-state index is 0.147. The van der Waals surface area contributed by atoms with Crippen LogP contribution in [0.4, 0.5) is 0 Å². The molecule has 0 radical (unpaired) electrons. The minimum atomic E-state index is 0.147. The van der Waals surface area contributed by atoms with Gasteiger partial charge in [-0.25, -0.2) is 0 Å². The van der Waals surface area contributed by atoms with Crippen molar-refractivity contribution in [1.82, 2.24) is 5.32 Å². The average Bonchev–Trinajstić information content (AvgIpc) is 2.42. The number of phenolic OH excluding ortho intramolecular Hbond substituents is 1. The Kier molecular flexibility index (Phi) is 4.92. The van der Waals surface area contributed by atoms with Gasteiger partial charge in [0.15, 0.2) is 0 Å². The standard InChI is InChI=1S/C16H17Cl2NO/c1-10(12-3-6-14(20)7-4-12)19-11(2)13-5-8-15(17)16(18)9-13/h3-11,19-20H,1-2H3. The molecule has 0 spiro atoms. The lowest BCUT2D eigenvalue weighted by Gasteiger charge is -2.21. The van der Waals surface area contributed by atoms with Gasteiger partial charge in [0.25, 0.3) is 0 Å². The zero-order valence-corrected chi connectivity index (χ0v) is 12.9.